The zero-order chi connectivity index (χ0) is 8.27. The van der Waals surface area contributed by atoms with Gasteiger partial charge in [0, 0.05) is 13.5 Å². The third kappa shape index (κ3) is 3.06. The molecule has 1 fully saturated rings. The van der Waals surface area contributed by atoms with Crippen LogP contribution in [-0.2, 0) is 14.4 Å². The van der Waals surface area contributed by atoms with Crippen molar-refractivity contribution in [2.45, 2.75) is 6.92 Å². The summed E-state index contributed by atoms with van der Waals surface area (Å²) in [5.41, 5.74) is 0. The molecule has 70 valence electrons. The lowest BCUT2D eigenvalue weighted by Crippen LogP contribution is -2.48. The molecule has 0 aromatic carbocycles. The van der Waals surface area contributed by atoms with Gasteiger partial charge in [0.25, 0.3) is 5.91 Å². The Morgan fingerprint density at radius 3 is 2.83 bits per heavy atom. The molecular formula is C6H11ClN2O3. The summed E-state index contributed by atoms with van der Waals surface area (Å²) in [6.45, 7) is 2.61. The molecule has 1 aliphatic rings. The number of nitrogens with zero attached hydrogens (tertiary/aromatic N) is 1. The molecule has 1 rings (SSSR count). The van der Waals surface area contributed by atoms with Crippen molar-refractivity contribution in [3.05, 3.63) is 0 Å². The minimum absolute atomic E-state index is 0. The fraction of sp³-hybridized carbons (Fsp3) is 0.667. The predicted octanol–water partition coefficient (Wildman–Crippen LogP) is -0.682. The number of rotatable bonds is 1. The van der Waals surface area contributed by atoms with E-state index < -0.39 is 5.97 Å². The van der Waals surface area contributed by atoms with Crippen LogP contribution in [0.4, 0.5) is 0 Å². The summed E-state index contributed by atoms with van der Waals surface area (Å²) in [5, 5.41) is 3.94. The normalized spacial score (nSPS) is 16.8. The molecule has 0 bridgehead atoms. The molecule has 0 aromatic heterocycles. The molecular weight excluding hydrogens is 184 g/mol. The summed E-state index contributed by atoms with van der Waals surface area (Å²) < 4.78 is 0. The van der Waals surface area contributed by atoms with Gasteiger partial charge in [-0.2, -0.15) is 5.06 Å². The van der Waals surface area contributed by atoms with Crippen molar-refractivity contribution in [2.24, 2.45) is 0 Å². The summed E-state index contributed by atoms with van der Waals surface area (Å²) in [7, 11) is 0. The Labute approximate surface area is 76.4 Å². The minimum atomic E-state index is -0.458. The number of hydroxylamine groups is 2. The van der Waals surface area contributed by atoms with Crippen LogP contribution in [0, 0.1) is 0 Å². The molecule has 6 heteroatoms. The second kappa shape index (κ2) is 4.95. The van der Waals surface area contributed by atoms with E-state index in [4.69, 9.17) is 0 Å². The van der Waals surface area contributed by atoms with E-state index in [0.717, 1.165) is 5.06 Å². The topological polar surface area (TPSA) is 58.6 Å². The molecule has 1 aliphatic heterocycles. The molecule has 1 saturated heterocycles. The van der Waals surface area contributed by atoms with E-state index in [1.54, 1.807) is 0 Å². The molecule has 0 unspecified atom stereocenters. The highest BCUT2D eigenvalue weighted by atomic mass is 35.5. The summed E-state index contributed by atoms with van der Waals surface area (Å²) in [6, 6.07) is 0. The molecule has 1 amide bonds. The van der Waals surface area contributed by atoms with Crippen molar-refractivity contribution in [1.82, 2.24) is 10.4 Å². The van der Waals surface area contributed by atoms with E-state index in [2.05, 4.69) is 10.2 Å². The van der Waals surface area contributed by atoms with E-state index in [9.17, 15) is 9.59 Å². The average molecular weight is 195 g/mol. The molecule has 0 spiro atoms. The number of halogens is 1. The first-order chi connectivity index (χ1) is 5.20. The number of piperazine rings is 1. The smallest absolute Gasteiger partial charge is 0.329 e. The Bertz CT molecular complexity index is 186. The average Bonchev–Trinajstić information content (AvgIpc) is 1.93. The maximum absolute atomic E-state index is 10.9. The third-order valence-corrected chi connectivity index (χ3v) is 1.28. The lowest BCUT2D eigenvalue weighted by Gasteiger charge is -2.24. The first kappa shape index (κ1) is 11.2. The number of nitrogens with one attached hydrogen (secondary N) is 1. The van der Waals surface area contributed by atoms with Crippen molar-refractivity contribution in [2.75, 3.05) is 19.6 Å². The lowest BCUT2D eigenvalue weighted by atomic mass is 10.4. The summed E-state index contributed by atoms with van der Waals surface area (Å²) in [4.78, 5) is 25.9. The molecule has 0 saturated carbocycles. The van der Waals surface area contributed by atoms with Gasteiger partial charge >= 0.3 is 5.97 Å². The standard InChI is InChI=1S/C6H10N2O3.ClH/c1-5(9)11-8-3-2-7-4-6(8)10;/h7H,2-4H2,1H3;1H. The molecule has 12 heavy (non-hydrogen) atoms. The summed E-state index contributed by atoms with van der Waals surface area (Å²) in [6.07, 6.45) is 0. The third-order valence-electron chi connectivity index (χ3n) is 1.28. The maximum atomic E-state index is 10.9. The Morgan fingerprint density at radius 1 is 1.67 bits per heavy atom. The van der Waals surface area contributed by atoms with Crippen LogP contribution in [0.15, 0.2) is 0 Å². The second-order valence-corrected chi connectivity index (χ2v) is 2.26. The van der Waals surface area contributed by atoms with Crippen molar-refractivity contribution in [1.29, 1.82) is 0 Å². The Kier molecular flexibility index (Phi) is 4.61. The van der Waals surface area contributed by atoms with Crippen LogP contribution in [-0.4, -0.2) is 36.6 Å². The van der Waals surface area contributed by atoms with Crippen molar-refractivity contribution >= 4 is 24.3 Å². The second-order valence-electron chi connectivity index (χ2n) is 2.26. The molecule has 1 N–H and O–H groups in total. The van der Waals surface area contributed by atoms with Gasteiger partial charge in [0.2, 0.25) is 0 Å². The first-order valence-electron chi connectivity index (χ1n) is 3.40. The highest BCUT2D eigenvalue weighted by molar-refractivity contribution is 5.85. The minimum Gasteiger partial charge on any atom is -0.338 e. The highest BCUT2D eigenvalue weighted by Crippen LogP contribution is 1.95. The van der Waals surface area contributed by atoms with Crippen LogP contribution in [0.3, 0.4) is 0 Å². The van der Waals surface area contributed by atoms with Gasteiger partial charge in [0.15, 0.2) is 0 Å². The molecule has 5 nitrogen and oxygen atoms in total. The van der Waals surface area contributed by atoms with Crippen LogP contribution in [0.1, 0.15) is 6.92 Å². The zero-order valence-corrected chi connectivity index (χ0v) is 7.52. The SMILES string of the molecule is CC(=O)ON1CCNCC1=O.Cl. The van der Waals surface area contributed by atoms with E-state index in [-0.39, 0.29) is 24.9 Å². The van der Waals surface area contributed by atoms with Gasteiger partial charge in [-0.15, -0.1) is 12.4 Å². The fourth-order valence-electron chi connectivity index (χ4n) is 0.841. The molecule has 0 aliphatic carbocycles. The van der Waals surface area contributed by atoms with Crippen LogP contribution in [0.2, 0.25) is 0 Å². The lowest BCUT2D eigenvalue weighted by molar-refractivity contribution is -0.198. The Hall–Kier alpha value is -0.810. The maximum Gasteiger partial charge on any atom is 0.329 e. The van der Waals surface area contributed by atoms with E-state index in [0.29, 0.717) is 13.1 Å². The van der Waals surface area contributed by atoms with Crippen LogP contribution in [0.25, 0.3) is 0 Å². The first-order valence-corrected chi connectivity index (χ1v) is 3.40. The van der Waals surface area contributed by atoms with Gasteiger partial charge in [-0.1, -0.05) is 0 Å². The monoisotopic (exact) mass is 194 g/mol. The van der Waals surface area contributed by atoms with Crippen molar-refractivity contribution in [3.63, 3.8) is 0 Å². The van der Waals surface area contributed by atoms with Crippen LogP contribution >= 0.6 is 12.4 Å². The fourth-order valence-corrected chi connectivity index (χ4v) is 0.841. The van der Waals surface area contributed by atoms with E-state index in [1.165, 1.54) is 6.92 Å². The van der Waals surface area contributed by atoms with Gasteiger partial charge in [0.05, 0.1) is 13.1 Å². The quantitative estimate of drug-likeness (QED) is 0.601. The van der Waals surface area contributed by atoms with Crippen molar-refractivity contribution in [3.8, 4) is 0 Å². The van der Waals surface area contributed by atoms with Crippen LogP contribution < -0.4 is 5.32 Å². The number of hydrogen-bond donors (Lipinski definition) is 1. The number of carbonyl (C=O) groups is 2. The largest absolute Gasteiger partial charge is 0.338 e. The summed E-state index contributed by atoms with van der Waals surface area (Å²) in [5.74, 6) is -0.660. The van der Waals surface area contributed by atoms with E-state index in [1.807, 2.05) is 0 Å². The highest BCUT2D eigenvalue weighted by Gasteiger charge is 2.19. The predicted molar refractivity (Wildman–Crippen MR) is 43.6 cm³/mol. The Balaban J connectivity index is 0.00000121. The van der Waals surface area contributed by atoms with E-state index >= 15 is 0 Å². The summed E-state index contributed by atoms with van der Waals surface area (Å²) >= 11 is 0. The van der Waals surface area contributed by atoms with Gasteiger partial charge in [-0.3, -0.25) is 9.59 Å². The van der Waals surface area contributed by atoms with Crippen molar-refractivity contribution < 1.29 is 14.4 Å². The number of amides is 1. The van der Waals surface area contributed by atoms with Gasteiger partial charge in [-0.25, -0.2) is 0 Å². The zero-order valence-electron chi connectivity index (χ0n) is 6.70. The van der Waals surface area contributed by atoms with Gasteiger partial charge < -0.3 is 10.2 Å². The van der Waals surface area contributed by atoms with Gasteiger partial charge in [-0.05, 0) is 0 Å². The number of hydrogen-bond acceptors (Lipinski definition) is 4. The van der Waals surface area contributed by atoms with Gasteiger partial charge in [0.1, 0.15) is 0 Å². The Morgan fingerprint density at radius 2 is 2.33 bits per heavy atom. The molecule has 0 aromatic rings. The number of carbonyl (C=O) groups excluding carboxylic acids is 2. The molecule has 0 atom stereocenters. The van der Waals surface area contributed by atoms with Crippen LogP contribution in [0.5, 0.6) is 0 Å². The molecule has 0 radical (unpaired) electrons. The molecule has 1 heterocycles.